The highest BCUT2D eigenvalue weighted by Gasteiger charge is 2.30. The van der Waals surface area contributed by atoms with Crippen molar-refractivity contribution in [3.05, 3.63) is 33.4 Å². The van der Waals surface area contributed by atoms with Gasteiger partial charge in [0.15, 0.2) is 5.65 Å². The van der Waals surface area contributed by atoms with Gasteiger partial charge in [-0.15, -0.1) is 0 Å². The topological polar surface area (TPSA) is 131 Å². The van der Waals surface area contributed by atoms with E-state index in [-0.39, 0.29) is 23.9 Å². The molecule has 2 atom stereocenters. The van der Waals surface area contributed by atoms with Crippen molar-refractivity contribution in [1.82, 2.24) is 19.5 Å². The van der Waals surface area contributed by atoms with E-state index in [1.54, 1.807) is 18.3 Å². The summed E-state index contributed by atoms with van der Waals surface area (Å²) in [6.45, 7) is 0. The average Bonchev–Trinajstić information content (AvgIpc) is 3.38. The van der Waals surface area contributed by atoms with Crippen LogP contribution in [-0.4, -0.2) is 42.7 Å². The van der Waals surface area contributed by atoms with Crippen LogP contribution in [0.2, 0.25) is 15.1 Å². The molecule has 1 amide bonds. The van der Waals surface area contributed by atoms with Crippen molar-refractivity contribution in [2.45, 2.75) is 63.1 Å². The summed E-state index contributed by atoms with van der Waals surface area (Å²) < 4.78 is 2.02. The van der Waals surface area contributed by atoms with Crippen LogP contribution < -0.4 is 16.4 Å². The zero-order valence-electron chi connectivity index (χ0n) is 18.8. The van der Waals surface area contributed by atoms with E-state index in [4.69, 9.17) is 50.5 Å². The average molecular weight is 539 g/mol. The van der Waals surface area contributed by atoms with Crippen molar-refractivity contribution in [3.63, 3.8) is 0 Å². The number of fused-ring (bicyclic) bond motifs is 1. The van der Waals surface area contributed by atoms with Crippen molar-refractivity contribution in [2.24, 2.45) is 11.7 Å². The number of imidazole rings is 1. The summed E-state index contributed by atoms with van der Waals surface area (Å²) in [4.78, 5) is 25.6. The van der Waals surface area contributed by atoms with Gasteiger partial charge >= 0.3 is 0 Å². The minimum Gasteiger partial charge on any atom is -0.391 e. The smallest absolute Gasteiger partial charge is 0.225 e. The fourth-order valence-electron chi connectivity index (χ4n) is 5.06. The molecule has 35 heavy (non-hydrogen) atoms. The molecule has 1 aromatic carbocycles. The van der Waals surface area contributed by atoms with Gasteiger partial charge in [0.1, 0.15) is 5.52 Å². The Labute approximate surface area is 217 Å². The van der Waals surface area contributed by atoms with Gasteiger partial charge in [-0.2, -0.15) is 4.98 Å². The van der Waals surface area contributed by atoms with Gasteiger partial charge in [-0.25, -0.2) is 9.97 Å². The van der Waals surface area contributed by atoms with Gasteiger partial charge in [0.05, 0.1) is 34.1 Å². The zero-order valence-corrected chi connectivity index (χ0v) is 21.1. The summed E-state index contributed by atoms with van der Waals surface area (Å²) >= 11 is 18.9. The predicted octanol–water partition coefficient (Wildman–Crippen LogP) is 5.07. The van der Waals surface area contributed by atoms with Crippen LogP contribution in [0.3, 0.4) is 0 Å². The number of nitrogens with one attached hydrogen (secondary N) is 2. The standard InChI is InChI=1S/C23H26Cl3N7O2/c24-12-8-14(25)19(15(26)9-12)31-23-30-17-10-28-22(29-16-2-1-3-18(16)34)32-21(17)33(23)13-6-4-11(5-7-13)20(27)35/h8-11,13,16,18,34H,1-7H2,(H2,27,35)(H,30,31)(H,28,29,32)/t11?,13?,16?,18-/m1/s1. The van der Waals surface area contributed by atoms with Crippen LogP contribution in [0.1, 0.15) is 51.0 Å². The first kappa shape index (κ1) is 24.4. The van der Waals surface area contributed by atoms with Crippen molar-refractivity contribution in [1.29, 1.82) is 0 Å². The summed E-state index contributed by atoms with van der Waals surface area (Å²) in [5.41, 5.74) is 7.28. The molecule has 2 fully saturated rings. The molecule has 0 bridgehead atoms. The number of aliphatic hydroxyl groups excluding tert-OH is 1. The molecule has 0 radical (unpaired) electrons. The Bertz CT molecular complexity index is 1240. The molecule has 2 aromatic heterocycles. The minimum absolute atomic E-state index is 0.0303. The third-order valence-corrected chi connectivity index (χ3v) is 7.75. The number of aromatic nitrogens is 4. The lowest BCUT2D eigenvalue weighted by molar-refractivity contribution is -0.122. The maximum atomic E-state index is 11.7. The Morgan fingerprint density at radius 3 is 2.40 bits per heavy atom. The maximum absolute atomic E-state index is 11.7. The molecular formula is C23H26Cl3N7O2. The summed E-state index contributed by atoms with van der Waals surface area (Å²) in [5.74, 6) is 0.555. The quantitative estimate of drug-likeness (QED) is 0.344. The molecule has 5 rings (SSSR count). The van der Waals surface area contributed by atoms with Crippen LogP contribution in [0.25, 0.3) is 11.2 Å². The van der Waals surface area contributed by atoms with E-state index in [0.717, 1.165) is 32.1 Å². The molecule has 3 aromatic rings. The third kappa shape index (κ3) is 5.00. The highest BCUT2D eigenvalue weighted by Crippen LogP contribution is 2.40. The Balaban J connectivity index is 1.54. The van der Waals surface area contributed by atoms with Gasteiger partial charge in [-0.3, -0.25) is 9.36 Å². The molecule has 1 unspecified atom stereocenters. The molecular weight excluding hydrogens is 513 g/mol. The number of halogens is 3. The van der Waals surface area contributed by atoms with Gasteiger partial charge in [-0.1, -0.05) is 34.8 Å². The lowest BCUT2D eigenvalue weighted by Gasteiger charge is -2.29. The number of anilines is 3. The SMILES string of the molecule is NC(=O)C1CCC(n2c(Nc3c(Cl)cc(Cl)cc3Cl)nc3cnc(NC4CCC[C@H]4O)nc32)CC1. The van der Waals surface area contributed by atoms with Crippen molar-refractivity contribution < 1.29 is 9.90 Å². The highest BCUT2D eigenvalue weighted by molar-refractivity contribution is 6.41. The number of rotatable bonds is 6. The summed E-state index contributed by atoms with van der Waals surface area (Å²) in [6.07, 6.45) is 6.67. The molecule has 2 heterocycles. The number of carbonyl (C=O) groups is 1. The molecule has 0 aliphatic heterocycles. The first-order valence-electron chi connectivity index (χ1n) is 11.7. The predicted molar refractivity (Wildman–Crippen MR) is 138 cm³/mol. The van der Waals surface area contributed by atoms with E-state index in [2.05, 4.69) is 15.6 Å². The van der Waals surface area contributed by atoms with Gasteiger partial charge in [-0.05, 0) is 57.1 Å². The lowest BCUT2D eigenvalue weighted by Crippen LogP contribution is -2.29. The molecule has 9 nitrogen and oxygen atoms in total. The van der Waals surface area contributed by atoms with E-state index in [1.807, 2.05) is 4.57 Å². The number of hydrogen-bond donors (Lipinski definition) is 4. The molecule has 186 valence electrons. The second-order valence-electron chi connectivity index (χ2n) is 9.23. The normalized spacial score (nSPS) is 24.6. The molecule has 0 spiro atoms. The first-order chi connectivity index (χ1) is 16.8. The third-order valence-electron chi connectivity index (χ3n) is 6.93. The second kappa shape index (κ2) is 9.97. The van der Waals surface area contributed by atoms with Crippen LogP contribution in [0.5, 0.6) is 0 Å². The number of nitrogens with two attached hydrogens (primary N) is 1. The first-order valence-corrected chi connectivity index (χ1v) is 12.8. The van der Waals surface area contributed by atoms with Crippen molar-refractivity contribution >= 4 is 69.5 Å². The number of amides is 1. The van der Waals surface area contributed by atoms with E-state index < -0.39 is 6.10 Å². The molecule has 2 aliphatic rings. The maximum Gasteiger partial charge on any atom is 0.225 e. The van der Waals surface area contributed by atoms with Crippen molar-refractivity contribution in [2.75, 3.05) is 10.6 Å². The van der Waals surface area contributed by atoms with E-state index in [9.17, 15) is 9.90 Å². The summed E-state index contributed by atoms with van der Waals surface area (Å²) in [7, 11) is 0. The Morgan fingerprint density at radius 1 is 1.06 bits per heavy atom. The lowest BCUT2D eigenvalue weighted by atomic mass is 9.85. The van der Waals surface area contributed by atoms with E-state index >= 15 is 0 Å². The summed E-state index contributed by atoms with van der Waals surface area (Å²) in [5, 5.41) is 17.9. The number of nitrogens with zero attached hydrogens (tertiary/aromatic N) is 4. The number of primary amides is 1. The van der Waals surface area contributed by atoms with Crippen molar-refractivity contribution in [3.8, 4) is 0 Å². The van der Waals surface area contributed by atoms with Crippen LogP contribution in [0.4, 0.5) is 17.6 Å². The largest absolute Gasteiger partial charge is 0.391 e. The van der Waals surface area contributed by atoms with Gasteiger partial charge in [0.25, 0.3) is 0 Å². The minimum atomic E-state index is -0.422. The van der Waals surface area contributed by atoms with Gasteiger partial charge < -0.3 is 21.5 Å². The molecule has 12 heteroatoms. The Morgan fingerprint density at radius 2 is 1.77 bits per heavy atom. The molecule has 2 aliphatic carbocycles. The highest BCUT2D eigenvalue weighted by atomic mass is 35.5. The van der Waals surface area contributed by atoms with Crippen LogP contribution in [-0.2, 0) is 4.79 Å². The number of benzene rings is 1. The van der Waals surface area contributed by atoms with Gasteiger partial charge in [0.2, 0.25) is 17.8 Å². The molecule has 2 saturated carbocycles. The monoisotopic (exact) mass is 537 g/mol. The fourth-order valence-corrected chi connectivity index (χ4v) is 5.97. The van der Waals surface area contributed by atoms with Crippen LogP contribution in [0.15, 0.2) is 18.3 Å². The van der Waals surface area contributed by atoms with Gasteiger partial charge in [0, 0.05) is 17.0 Å². The number of aliphatic hydroxyl groups is 1. The molecule has 5 N–H and O–H groups in total. The van der Waals surface area contributed by atoms with Crippen LogP contribution >= 0.6 is 34.8 Å². The Hall–Kier alpha value is -2.33. The fraction of sp³-hybridized carbons (Fsp3) is 0.478. The molecule has 0 saturated heterocycles. The number of hydrogen-bond acceptors (Lipinski definition) is 7. The van der Waals surface area contributed by atoms with E-state index in [1.165, 1.54) is 0 Å². The number of carbonyl (C=O) groups excluding carboxylic acids is 1. The van der Waals surface area contributed by atoms with E-state index in [0.29, 0.717) is 56.7 Å². The zero-order chi connectivity index (χ0) is 24.7. The Kier molecular flexibility index (Phi) is 6.94. The summed E-state index contributed by atoms with van der Waals surface area (Å²) in [6, 6.07) is 3.16. The van der Waals surface area contributed by atoms with Crippen LogP contribution in [0, 0.1) is 5.92 Å². The second-order valence-corrected chi connectivity index (χ2v) is 10.5.